The second-order valence-electron chi connectivity index (χ2n) is 4.33. The first-order valence-corrected chi connectivity index (χ1v) is 6.33. The molecule has 0 aliphatic rings. The van der Waals surface area contributed by atoms with E-state index < -0.39 is 0 Å². The van der Waals surface area contributed by atoms with Crippen LogP contribution in [0.15, 0.2) is 24.3 Å². The summed E-state index contributed by atoms with van der Waals surface area (Å²) in [5, 5.41) is 0. The summed E-state index contributed by atoms with van der Waals surface area (Å²) in [6, 6.07) is 7.74. The molecule has 19 heavy (non-hydrogen) atoms. The number of esters is 1. The van der Waals surface area contributed by atoms with Crippen molar-refractivity contribution in [3.63, 3.8) is 0 Å². The number of methoxy groups -OCH3 is 1. The van der Waals surface area contributed by atoms with E-state index in [-0.39, 0.29) is 5.97 Å². The first kappa shape index (κ1) is 15.5. The Bertz CT molecular complexity index is 379. The molecule has 5 nitrogen and oxygen atoms in total. The van der Waals surface area contributed by atoms with E-state index in [1.54, 1.807) is 0 Å². The number of carbonyl (C=O) groups excluding carboxylic acids is 1. The second-order valence-corrected chi connectivity index (χ2v) is 4.33. The summed E-state index contributed by atoms with van der Waals surface area (Å²) in [4.78, 5) is 13.0. The van der Waals surface area contributed by atoms with E-state index in [1.165, 1.54) is 7.11 Å². The molecule has 0 heterocycles. The van der Waals surface area contributed by atoms with Crippen molar-refractivity contribution in [1.29, 1.82) is 0 Å². The highest BCUT2D eigenvalue weighted by atomic mass is 16.5. The third-order valence-corrected chi connectivity index (χ3v) is 2.83. The standard InChI is InChI=1S/C14H22N2O3/c1-16(8-7-14(17)18-2)9-10-19-13-5-3-12(11-15)4-6-13/h3-6H,7-11,15H2,1-2H3. The van der Waals surface area contributed by atoms with E-state index >= 15 is 0 Å². The molecule has 0 aromatic heterocycles. The van der Waals surface area contributed by atoms with Gasteiger partial charge in [-0.15, -0.1) is 0 Å². The zero-order chi connectivity index (χ0) is 14.1. The molecule has 1 aromatic rings. The quantitative estimate of drug-likeness (QED) is 0.712. The lowest BCUT2D eigenvalue weighted by Gasteiger charge is -2.16. The Labute approximate surface area is 114 Å². The second kappa shape index (κ2) is 8.50. The maximum Gasteiger partial charge on any atom is 0.306 e. The maximum absolute atomic E-state index is 11.0. The molecule has 0 aliphatic carbocycles. The van der Waals surface area contributed by atoms with Gasteiger partial charge < -0.3 is 20.1 Å². The molecule has 0 spiro atoms. The minimum atomic E-state index is -0.190. The molecule has 5 heteroatoms. The van der Waals surface area contributed by atoms with Gasteiger partial charge in [-0.25, -0.2) is 0 Å². The molecular weight excluding hydrogens is 244 g/mol. The van der Waals surface area contributed by atoms with Crippen molar-refractivity contribution in [2.45, 2.75) is 13.0 Å². The number of nitrogens with zero attached hydrogens (tertiary/aromatic N) is 1. The fourth-order valence-electron chi connectivity index (χ4n) is 1.54. The van der Waals surface area contributed by atoms with Gasteiger partial charge in [-0.3, -0.25) is 4.79 Å². The average molecular weight is 266 g/mol. The Hall–Kier alpha value is -1.59. The lowest BCUT2D eigenvalue weighted by atomic mass is 10.2. The molecule has 106 valence electrons. The first-order valence-electron chi connectivity index (χ1n) is 6.33. The van der Waals surface area contributed by atoms with Crippen molar-refractivity contribution in [2.75, 3.05) is 33.9 Å². The summed E-state index contributed by atoms with van der Waals surface area (Å²) in [5.41, 5.74) is 6.61. The highest BCUT2D eigenvalue weighted by molar-refractivity contribution is 5.69. The molecule has 0 aliphatic heterocycles. The van der Waals surface area contributed by atoms with Crippen molar-refractivity contribution in [1.82, 2.24) is 4.90 Å². The Morgan fingerprint density at radius 2 is 1.95 bits per heavy atom. The Balaban J connectivity index is 2.20. The summed E-state index contributed by atoms with van der Waals surface area (Å²) in [6.45, 7) is 2.55. The van der Waals surface area contributed by atoms with Crippen molar-refractivity contribution in [3.05, 3.63) is 29.8 Å². The molecule has 0 fully saturated rings. The predicted molar refractivity (Wildman–Crippen MR) is 74.0 cm³/mol. The summed E-state index contributed by atoms with van der Waals surface area (Å²) in [5.74, 6) is 0.642. The van der Waals surface area contributed by atoms with Crippen LogP contribution in [0.2, 0.25) is 0 Å². The molecule has 0 bridgehead atoms. The molecule has 2 N–H and O–H groups in total. The van der Waals surface area contributed by atoms with Gasteiger partial charge >= 0.3 is 5.97 Å². The van der Waals surface area contributed by atoms with Crippen LogP contribution in [0.1, 0.15) is 12.0 Å². The van der Waals surface area contributed by atoms with Crippen LogP contribution in [-0.2, 0) is 16.1 Å². The molecular formula is C14H22N2O3. The highest BCUT2D eigenvalue weighted by Crippen LogP contribution is 2.11. The third-order valence-electron chi connectivity index (χ3n) is 2.83. The summed E-state index contributed by atoms with van der Waals surface area (Å²) >= 11 is 0. The van der Waals surface area contributed by atoms with Crippen LogP contribution in [0.5, 0.6) is 5.75 Å². The van der Waals surface area contributed by atoms with E-state index in [1.807, 2.05) is 36.2 Å². The number of hydrogen-bond acceptors (Lipinski definition) is 5. The average Bonchev–Trinajstić information content (AvgIpc) is 2.45. The molecule has 1 rings (SSSR count). The van der Waals surface area contributed by atoms with Crippen LogP contribution in [-0.4, -0.2) is 44.7 Å². The Kier molecular flexibility index (Phi) is 6.92. The van der Waals surface area contributed by atoms with Crippen molar-refractivity contribution in [3.8, 4) is 5.75 Å². The van der Waals surface area contributed by atoms with Gasteiger partial charge in [0.2, 0.25) is 0 Å². The first-order chi connectivity index (χ1) is 9.15. The zero-order valence-corrected chi connectivity index (χ0v) is 11.6. The molecule has 0 atom stereocenters. The van der Waals surface area contributed by atoms with Crippen molar-refractivity contribution < 1.29 is 14.3 Å². The Morgan fingerprint density at radius 3 is 2.53 bits per heavy atom. The maximum atomic E-state index is 11.0. The SMILES string of the molecule is COC(=O)CCN(C)CCOc1ccc(CN)cc1. The van der Waals surface area contributed by atoms with E-state index in [2.05, 4.69) is 4.74 Å². The fourth-order valence-corrected chi connectivity index (χ4v) is 1.54. The van der Waals surface area contributed by atoms with Crippen LogP contribution in [0, 0.1) is 0 Å². The normalized spacial score (nSPS) is 10.5. The zero-order valence-electron chi connectivity index (χ0n) is 11.6. The number of rotatable bonds is 8. The smallest absolute Gasteiger partial charge is 0.306 e. The molecule has 0 unspecified atom stereocenters. The minimum Gasteiger partial charge on any atom is -0.492 e. The summed E-state index contributed by atoms with van der Waals surface area (Å²) in [6.07, 6.45) is 0.401. The van der Waals surface area contributed by atoms with Crippen LogP contribution in [0.4, 0.5) is 0 Å². The van der Waals surface area contributed by atoms with E-state index in [9.17, 15) is 4.79 Å². The van der Waals surface area contributed by atoms with Crippen LogP contribution in [0.25, 0.3) is 0 Å². The van der Waals surface area contributed by atoms with Gasteiger partial charge in [0.05, 0.1) is 13.5 Å². The van der Waals surface area contributed by atoms with Gasteiger partial charge in [0.25, 0.3) is 0 Å². The molecule has 0 amide bonds. The lowest BCUT2D eigenvalue weighted by Crippen LogP contribution is -2.27. The summed E-state index contributed by atoms with van der Waals surface area (Å²) in [7, 11) is 3.35. The van der Waals surface area contributed by atoms with E-state index in [0.29, 0.717) is 26.1 Å². The van der Waals surface area contributed by atoms with Gasteiger partial charge in [-0.2, -0.15) is 0 Å². The minimum absolute atomic E-state index is 0.190. The van der Waals surface area contributed by atoms with E-state index in [4.69, 9.17) is 10.5 Å². The van der Waals surface area contributed by atoms with Crippen molar-refractivity contribution >= 4 is 5.97 Å². The van der Waals surface area contributed by atoms with Gasteiger partial charge in [-0.1, -0.05) is 12.1 Å². The number of ether oxygens (including phenoxy) is 2. The highest BCUT2D eigenvalue weighted by Gasteiger charge is 2.04. The van der Waals surface area contributed by atoms with Crippen molar-refractivity contribution in [2.24, 2.45) is 5.73 Å². The summed E-state index contributed by atoms with van der Waals surface area (Å²) < 4.78 is 10.2. The fraction of sp³-hybridized carbons (Fsp3) is 0.500. The molecule has 0 radical (unpaired) electrons. The van der Waals surface area contributed by atoms with Gasteiger partial charge in [0, 0.05) is 19.6 Å². The van der Waals surface area contributed by atoms with Crippen LogP contribution in [0.3, 0.4) is 0 Å². The molecule has 1 aromatic carbocycles. The van der Waals surface area contributed by atoms with Crippen LogP contribution < -0.4 is 10.5 Å². The third kappa shape index (κ3) is 6.22. The largest absolute Gasteiger partial charge is 0.492 e. The number of carbonyl (C=O) groups is 1. The van der Waals surface area contributed by atoms with Gasteiger partial charge in [0.1, 0.15) is 12.4 Å². The lowest BCUT2D eigenvalue weighted by molar-refractivity contribution is -0.140. The van der Waals surface area contributed by atoms with Crippen LogP contribution >= 0.6 is 0 Å². The molecule has 0 saturated heterocycles. The van der Waals surface area contributed by atoms with Gasteiger partial charge in [-0.05, 0) is 24.7 Å². The number of likely N-dealkylation sites (N-methyl/N-ethyl adjacent to an activating group) is 1. The van der Waals surface area contributed by atoms with Gasteiger partial charge in [0.15, 0.2) is 0 Å². The Morgan fingerprint density at radius 1 is 1.26 bits per heavy atom. The number of nitrogens with two attached hydrogens (primary N) is 1. The number of hydrogen-bond donors (Lipinski definition) is 1. The monoisotopic (exact) mass is 266 g/mol. The predicted octanol–water partition coefficient (Wildman–Crippen LogP) is 1.02. The topological polar surface area (TPSA) is 64.8 Å². The van der Waals surface area contributed by atoms with E-state index in [0.717, 1.165) is 17.9 Å². The molecule has 0 saturated carbocycles. The number of benzene rings is 1.